The van der Waals surface area contributed by atoms with Crippen molar-refractivity contribution in [2.75, 3.05) is 26.3 Å². The molecule has 0 radical (unpaired) electrons. The lowest BCUT2D eigenvalue weighted by Crippen LogP contribution is -2.31. The molecule has 2 aliphatic rings. The fourth-order valence-corrected chi connectivity index (χ4v) is 2.97. The lowest BCUT2D eigenvalue weighted by molar-refractivity contribution is 0.0545. The Kier molecular flexibility index (Phi) is 4.45. The monoisotopic (exact) mass is 211 g/mol. The largest absolute Gasteiger partial charge is 0.381 e. The summed E-state index contributed by atoms with van der Waals surface area (Å²) in [4.78, 5) is 0. The van der Waals surface area contributed by atoms with Crippen LogP contribution in [0.3, 0.4) is 0 Å². The summed E-state index contributed by atoms with van der Waals surface area (Å²) in [5.74, 6) is 2.69. The van der Waals surface area contributed by atoms with E-state index in [2.05, 4.69) is 12.2 Å². The third-order valence-electron chi connectivity index (χ3n) is 3.92. The first-order valence-corrected chi connectivity index (χ1v) is 6.63. The van der Waals surface area contributed by atoms with Gasteiger partial charge in [-0.2, -0.15) is 0 Å². The van der Waals surface area contributed by atoms with Gasteiger partial charge in [0.05, 0.1) is 6.61 Å². The second kappa shape index (κ2) is 5.86. The van der Waals surface area contributed by atoms with Crippen LogP contribution in [-0.2, 0) is 4.74 Å². The highest BCUT2D eigenvalue weighted by Crippen LogP contribution is 2.29. The van der Waals surface area contributed by atoms with Crippen molar-refractivity contribution >= 4 is 0 Å². The predicted octanol–water partition coefficient (Wildman–Crippen LogP) is 2.44. The normalized spacial score (nSPS) is 37.0. The van der Waals surface area contributed by atoms with Gasteiger partial charge in [-0.05, 0) is 50.0 Å². The molecule has 1 saturated heterocycles. The molecular weight excluding hydrogens is 186 g/mol. The Morgan fingerprint density at radius 2 is 2.00 bits per heavy atom. The Bertz CT molecular complexity index is 173. The molecule has 0 aromatic carbocycles. The van der Waals surface area contributed by atoms with E-state index >= 15 is 0 Å². The van der Waals surface area contributed by atoms with E-state index in [1.807, 2.05) is 0 Å². The molecule has 15 heavy (non-hydrogen) atoms. The second-order valence-electron chi connectivity index (χ2n) is 5.53. The van der Waals surface area contributed by atoms with Gasteiger partial charge in [0, 0.05) is 13.2 Å². The Morgan fingerprint density at radius 3 is 2.67 bits per heavy atom. The Labute approximate surface area is 93.8 Å². The molecule has 2 heteroatoms. The molecule has 3 atom stereocenters. The average Bonchev–Trinajstić information content (AvgIpc) is 2.66. The number of nitrogens with one attached hydrogen (secondary N) is 1. The van der Waals surface area contributed by atoms with Crippen LogP contribution in [0.1, 0.15) is 39.0 Å². The Balaban J connectivity index is 1.54. The predicted molar refractivity (Wildman–Crippen MR) is 62.9 cm³/mol. The maximum atomic E-state index is 5.48. The van der Waals surface area contributed by atoms with E-state index in [9.17, 15) is 0 Å². The Morgan fingerprint density at radius 1 is 1.13 bits per heavy atom. The van der Waals surface area contributed by atoms with Crippen molar-refractivity contribution < 1.29 is 4.74 Å². The molecule has 88 valence electrons. The van der Waals surface area contributed by atoms with E-state index in [4.69, 9.17) is 4.74 Å². The molecule has 1 N–H and O–H groups in total. The van der Waals surface area contributed by atoms with Gasteiger partial charge < -0.3 is 10.1 Å². The number of hydrogen-bond acceptors (Lipinski definition) is 2. The van der Waals surface area contributed by atoms with Gasteiger partial charge in [-0.25, -0.2) is 0 Å². The summed E-state index contributed by atoms with van der Waals surface area (Å²) in [7, 11) is 0. The first kappa shape index (κ1) is 11.4. The highest BCUT2D eigenvalue weighted by Gasteiger charge is 2.21. The fourth-order valence-electron chi connectivity index (χ4n) is 2.97. The van der Waals surface area contributed by atoms with E-state index in [-0.39, 0.29) is 0 Å². The van der Waals surface area contributed by atoms with Crippen molar-refractivity contribution in [2.24, 2.45) is 17.8 Å². The summed E-state index contributed by atoms with van der Waals surface area (Å²) in [6, 6.07) is 0. The third kappa shape index (κ3) is 3.76. The molecule has 1 saturated carbocycles. The molecule has 2 rings (SSSR count). The summed E-state index contributed by atoms with van der Waals surface area (Å²) in [6.45, 7) is 6.76. The zero-order valence-electron chi connectivity index (χ0n) is 10.0. The van der Waals surface area contributed by atoms with Gasteiger partial charge in [0.25, 0.3) is 0 Å². The molecule has 0 aromatic rings. The minimum Gasteiger partial charge on any atom is -0.381 e. The zero-order valence-corrected chi connectivity index (χ0v) is 10.0. The van der Waals surface area contributed by atoms with E-state index in [0.717, 1.165) is 31.0 Å². The van der Waals surface area contributed by atoms with Gasteiger partial charge >= 0.3 is 0 Å². The van der Waals surface area contributed by atoms with Gasteiger partial charge in [-0.15, -0.1) is 0 Å². The van der Waals surface area contributed by atoms with Gasteiger partial charge in [-0.1, -0.05) is 13.3 Å². The second-order valence-corrected chi connectivity index (χ2v) is 5.53. The molecule has 2 nitrogen and oxygen atoms in total. The summed E-state index contributed by atoms with van der Waals surface area (Å²) in [6.07, 6.45) is 6.93. The lowest BCUT2D eigenvalue weighted by Gasteiger charge is -2.23. The first-order chi connectivity index (χ1) is 7.34. The summed E-state index contributed by atoms with van der Waals surface area (Å²) in [5, 5.41) is 3.64. The number of rotatable bonds is 4. The van der Waals surface area contributed by atoms with Crippen LogP contribution in [0.4, 0.5) is 0 Å². The number of ether oxygens (including phenoxy) is 1. The standard InChI is InChI=1S/C13H25NO/c1-11-4-5-12(7-11)8-14-9-13-3-2-6-15-10-13/h11-14H,2-10H2,1H3. The zero-order chi connectivity index (χ0) is 10.5. The van der Waals surface area contributed by atoms with Crippen LogP contribution >= 0.6 is 0 Å². The maximum absolute atomic E-state index is 5.48. The molecule has 0 amide bonds. The van der Waals surface area contributed by atoms with Crippen LogP contribution in [0.25, 0.3) is 0 Å². The fraction of sp³-hybridized carbons (Fsp3) is 1.00. The average molecular weight is 211 g/mol. The third-order valence-corrected chi connectivity index (χ3v) is 3.92. The molecule has 0 bridgehead atoms. The van der Waals surface area contributed by atoms with E-state index in [0.29, 0.717) is 0 Å². The first-order valence-electron chi connectivity index (χ1n) is 6.63. The van der Waals surface area contributed by atoms with Crippen LogP contribution in [0, 0.1) is 17.8 Å². The van der Waals surface area contributed by atoms with Gasteiger partial charge in [0.1, 0.15) is 0 Å². The van der Waals surface area contributed by atoms with Gasteiger partial charge in [0.15, 0.2) is 0 Å². The lowest BCUT2D eigenvalue weighted by atomic mass is 10.0. The number of hydrogen-bond donors (Lipinski definition) is 1. The van der Waals surface area contributed by atoms with Crippen molar-refractivity contribution in [3.05, 3.63) is 0 Å². The minimum atomic E-state index is 0.776. The van der Waals surface area contributed by atoms with Crippen molar-refractivity contribution in [1.82, 2.24) is 5.32 Å². The quantitative estimate of drug-likeness (QED) is 0.771. The molecule has 3 unspecified atom stereocenters. The van der Waals surface area contributed by atoms with Crippen LogP contribution in [-0.4, -0.2) is 26.3 Å². The van der Waals surface area contributed by atoms with Gasteiger partial charge in [-0.3, -0.25) is 0 Å². The van der Waals surface area contributed by atoms with Crippen LogP contribution in [0.5, 0.6) is 0 Å². The highest BCUT2D eigenvalue weighted by atomic mass is 16.5. The van der Waals surface area contributed by atoms with Crippen molar-refractivity contribution in [2.45, 2.75) is 39.0 Å². The SMILES string of the molecule is CC1CCC(CNCC2CCCOC2)C1. The molecule has 1 aliphatic heterocycles. The molecule has 2 fully saturated rings. The van der Waals surface area contributed by atoms with Crippen LogP contribution < -0.4 is 5.32 Å². The van der Waals surface area contributed by atoms with Crippen LogP contribution in [0.15, 0.2) is 0 Å². The summed E-state index contributed by atoms with van der Waals surface area (Å²) in [5.41, 5.74) is 0. The topological polar surface area (TPSA) is 21.3 Å². The molecule has 1 heterocycles. The van der Waals surface area contributed by atoms with Gasteiger partial charge in [0.2, 0.25) is 0 Å². The van der Waals surface area contributed by atoms with Crippen LogP contribution in [0.2, 0.25) is 0 Å². The van der Waals surface area contributed by atoms with E-state index in [1.54, 1.807) is 0 Å². The summed E-state index contributed by atoms with van der Waals surface area (Å²) < 4.78 is 5.48. The maximum Gasteiger partial charge on any atom is 0.0506 e. The molecule has 0 aromatic heterocycles. The Hall–Kier alpha value is -0.0800. The van der Waals surface area contributed by atoms with Crippen molar-refractivity contribution in [3.63, 3.8) is 0 Å². The van der Waals surface area contributed by atoms with E-state index < -0.39 is 0 Å². The smallest absolute Gasteiger partial charge is 0.0506 e. The minimum absolute atomic E-state index is 0.776. The molecular formula is C13H25NO. The van der Waals surface area contributed by atoms with Crippen molar-refractivity contribution in [3.8, 4) is 0 Å². The van der Waals surface area contributed by atoms with E-state index in [1.165, 1.54) is 45.2 Å². The highest BCUT2D eigenvalue weighted by molar-refractivity contribution is 4.75. The molecule has 0 spiro atoms. The van der Waals surface area contributed by atoms with Crippen molar-refractivity contribution in [1.29, 1.82) is 0 Å². The molecule has 1 aliphatic carbocycles. The summed E-state index contributed by atoms with van der Waals surface area (Å²) >= 11 is 0.